The fourth-order valence-corrected chi connectivity index (χ4v) is 6.54. The molecule has 2 saturated heterocycles. The molecule has 4 rings (SSSR count). The lowest BCUT2D eigenvalue weighted by Crippen LogP contribution is -2.54. The number of amides is 2. The van der Waals surface area contributed by atoms with Gasteiger partial charge >= 0.3 is 0 Å². The lowest BCUT2D eigenvalue weighted by atomic mass is 10.0. The van der Waals surface area contributed by atoms with E-state index in [1.165, 1.54) is 36.6 Å². The second-order valence-corrected chi connectivity index (χ2v) is 12.6. The molecule has 8 nitrogen and oxygen atoms in total. The summed E-state index contributed by atoms with van der Waals surface area (Å²) in [6, 6.07) is 12.6. The van der Waals surface area contributed by atoms with Crippen LogP contribution in [0.2, 0.25) is 5.15 Å². The Bertz CT molecular complexity index is 1120. The van der Waals surface area contributed by atoms with Crippen LogP contribution in [0.4, 0.5) is 5.82 Å². The van der Waals surface area contributed by atoms with Gasteiger partial charge in [0.2, 0.25) is 11.8 Å². The number of piperidine rings is 1. The third-order valence-corrected chi connectivity index (χ3v) is 9.00. The van der Waals surface area contributed by atoms with Gasteiger partial charge in [-0.2, -0.15) is 0 Å². The first-order valence-corrected chi connectivity index (χ1v) is 16.5. The van der Waals surface area contributed by atoms with E-state index < -0.39 is 0 Å². The fraction of sp³-hybridized carbons (Fsp3) is 0.613. The molecule has 2 amide bonds. The van der Waals surface area contributed by atoms with Crippen molar-refractivity contribution in [1.29, 1.82) is 0 Å². The van der Waals surface area contributed by atoms with Crippen molar-refractivity contribution in [3.05, 3.63) is 47.1 Å². The van der Waals surface area contributed by atoms with Crippen LogP contribution in [-0.2, 0) is 16.1 Å². The van der Waals surface area contributed by atoms with Gasteiger partial charge in [-0.3, -0.25) is 14.5 Å². The average Bonchev–Trinajstić information content (AvgIpc) is 2.97. The van der Waals surface area contributed by atoms with Crippen molar-refractivity contribution in [1.82, 2.24) is 25.1 Å². The van der Waals surface area contributed by atoms with E-state index >= 15 is 0 Å². The van der Waals surface area contributed by atoms with Gasteiger partial charge in [-0.15, -0.1) is 0 Å². The van der Waals surface area contributed by atoms with Crippen molar-refractivity contribution in [2.45, 2.75) is 89.0 Å². The summed E-state index contributed by atoms with van der Waals surface area (Å²) in [5, 5.41) is 4.05. The van der Waals surface area contributed by atoms with E-state index in [0.717, 1.165) is 51.1 Å². The standard InChI is InChI=1S/C31H45ClN6O2S/c1-3-4-5-6-10-13-30(40)38-19-18-37(21-24(38)2)28-20-27(32)34-31(35-28)41-23-29(39)33-26-14-16-36(17-15-26)22-25-11-8-7-9-12-25/h7-9,11-12,20,24,26H,3-6,10,13-19,21-23H2,1-2H3,(H,33,39). The number of hydrogen-bond acceptors (Lipinski definition) is 7. The molecule has 1 atom stereocenters. The molecule has 1 aromatic carbocycles. The van der Waals surface area contributed by atoms with Gasteiger partial charge in [0, 0.05) is 63.8 Å². The molecule has 1 unspecified atom stereocenters. The first kappa shape index (κ1) is 31.6. The number of benzene rings is 1. The molecule has 41 heavy (non-hydrogen) atoms. The Kier molecular flexibility index (Phi) is 12.6. The zero-order valence-electron chi connectivity index (χ0n) is 24.6. The number of carbonyl (C=O) groups excluding carboxylic acids is 2. The third kappa shape index (κ3) is 10.1. The molecule has 0 spiro atoms. The number of nitrogens with zero attached hydrogens (tertiary/aromatic N) is 5. The van der Waals surface area contributed by atoms with Gasteiger partial charge in [-0.25, -0.2) is 9.97 Å². The molecule has 1 aromatic heterocycles. The molecule has 0 radical (unpaired) electrons. The van der Waals surface area contributed by atoms with Crippen LogP contribution in [0.15, 0.2) is 41.6 Å². The molecule has 1 N–H and O–H groups in total. The largest absolute Gasteiger partial charge is 0.353 e. The quantitative estimate of drug-likeness (QED) is 0.143. The lowest BCUT2D eigenvalue weighted by Gasteiger charge is -2.40. The lowest BCUT2D eigenvalue weighted by molar-refractivity contribution is -0.133. The van der Waals surface area contributed by atoms with E-state index in [-0.39, 0.29) is 29.7 Å². The van der Waals surface area contributed by atoms with Gasteiger partial charge in [0.15, 0.2) is 5.16 Å². The van der Waals surface area contributed by atoms with Crippen molar-refractivity contribution in [2.75, 3.05) is 43.4 Å². The predicted octanol–water partition coefficient (Wildman–Crippen LogP) is 5.40. The number of halogens is 1. The molecule has 0 aliphatic carbocycles. The van der Waals surface area contributed by atoms with Crippen LogP contribution >= 0.6 is 23.4 Å². The van der Waals surface area contributed by atoms with Crippen LogP contribution in [0.25, 0.3) is 0 Å². The number of thioether (sulfide) groups is 1. The zero-order chi connectivity index (χ0) is 29.0. The number of aromatic nitrogens is 2. The maximum absolute atomic E-state index is 12.8. The summed E-state index contributed by atoms with van der Waals surface area (Å²) in [6.07, 6.45) is 8.28. The third-order valence-electron chi connectivity index (χ3n) is 7.96. The Morgan fingerprint density at radius 1 is 1.02 bits per heavy atom. The number of unbranched alkanes of at least 4 members (excludes halogenated alkanes) is 4. The minimum atomic E-state index is -0.00271. The summed E-state index contributed by atoms with van der Waals surface area (Å²) in [5.41, 5.74) is 1.32. The van der Waals surface area contributed by atoms with Gasteiger partial charge in [0.05, 0.1) is 5.75 Å². The first-order chi connectivity index (χ1) is 19.9. The Balaban J connectivity index is 1.20. The minimum absolute atomic E-state index is 0.00271. The number of anilines is 1. The number of rotatable bonds is 13. The Hall–Kier alpha value is -2.36. The maximum atomic E-state index is 12.8. The highest BCUT2D eigenvalue weighted by atomic mass is 35.5. The number of piperazine rings is 1. The molecule has 2 fully saturated rings. The van der Waals surface area contributed by atoms with Crippen molar-refractivity contribution < 1.29 is 9.59 Å². The number of nitrogens with one attached hydrogen (secondary N) is 1. The summed E-state index contributed by atoms with van der Waals surface area (Å²) < 4.78 is 0. The van der Waals surface area contributed by atoms with Crippen LogP contribution in [-0.4, -0.2) is 82.1 Å². The minimum Gasteiger partial charge on any atom is -0.353 e. The highest BCUT2D eigenvalue weighted by Crippen LogP contribution is 2.25. The predicted molar refractivity (Wildman–Crippen MR) is 167 cm³/mol. The smallest absolute Gasteiger partial charge is 0.230 e. The number of hydrogen-bond donors (Lipinski definition) is 1. The molecule has 10 heteroatoms. The summed E-state index contributed by atoms with van der Waals surface area (Å²) in [6.45, 7) is 9.27. The number of likely N-dealkylation sites (tertiary alicyclic amines) is 1. The molecule has 2 aliphatic heterocycles. The summed E-state index contributed by atoms with van der Waals surface area (Å²) in [5.74, 6) is 1.24. The molecular weight excluding hydrogens is 556 g/mol. The van der Waals surface area contributed by atoms with Crippen molar-refractivity contribution >= 4 is 41.0 Å². The molecule has 0 bridgehead atoms. The first-order valence-electron chi connectivity index (χ1n) is 15.2. The van der Waals surface area contributed by atoms with E-state index in [4.69, 9.17) is 16.6 Å². The maximum Gasteiger partial charge on any atom is 0.230 e. The van der Waals surface area contributed by atoms with Gasteiger partial charge in [0.1, 0.15) is 11.0 Å². The summed E-state index contributed by atoms with van der Waals surface area (Å²) >= 11 is 7.67. The monoisotopic (exact) mass is 600 g/mol. The van der Waals surface area contributed by atoms with Gasteiger partial charge in [-0.05, 0) is 31.7 Å². The van der Waals surface area contributed by atoms with E-state index in [1.54, 1.807) is 6.07 Å². The Morgan fingerprint density at radius 2 is 1.78 bits per heavy atom. The van der Waals surface area contributed by atoms with Crippen LogP contribution in [0.5, 0.6) is 0 Å². The van der Waals surface area contributed by atoms with E-state index in [1.807, 2.05) is 11.0 Å². The van der Waals surface area contributed by atoms with Crippen LogP contribution in [0, 0.1) is 0 Å². The second-order valence-electron chi connectivity index (χ2n) is 11.3. The average molecular weight is 601 g/mol. The molecule has 2 aromatic rings. The van der Waals surface area contributed by atoms with E-state index in [0.29, 0.717) is 36.4 Å². The highest BCUT2D eigenvalue weighted by Gasteiger charge is 2.28. The molecule has 3 heterocycles. The van der Waals surface area contributed by atoms with Gasteiger partial charge in [0.25, 0.3) is 0 Å². The number of carbonyl (C=O) groups is 2. The Morgan fingerprint density at radius 3 is 2.51 bits per heavy atom. The van der Waals surface area contributed by atoms with Crippen molar-refractivity contribution in [3.8, 4) is 0 Å². The molecule has 224 valence electrons. The summed E-state index contributed by atoms with van der Waals surface area (Å²) in [7, 11) is 0. The zero-order valence-corrected chi connectivity index (χ0v) is 26.1. The topological polar surface area (TPSA) is 81.7 Å². The molecule has 2 aliphatic rings. The Labute approximate surface area is 254 Å². The highest BCUT2D eigenvalue weighted by molar-refractivity contribution is 7.99. The molecular formula is C31H45ClN6O2S. The molecule has 0 saturated carbocycles. The SMILES string of the molecule is CCCCCCCC(=O)N1CCN(c2cc(Cl)nc(SCC(=O)NC3CCN(Cc4ccccc4)CC3)n2)CC1C. The summed E-state index contributed by atoms with van der Waals surface area (Å²) in [4.78, 5) is 41.2. The van der Waals surface area contributed by atoms with Crippen molar-refractivity contribution in [3.63, 3.8) is 0 Å². The van der Waals surface area contributed by atoms with Crippen LogP contribution in [0.1, 0.15) is 70.8 Å². The van der Waals surface area contributed by atoms with E-state index in [9.17, 15) is 9.59 Å². The van der Waals surface area contributed by atoms with E-state index in [2.05, 4.69) is 58.2 Å². The second kappa shape index (κ2) is 16.3. The fourth-order valence-electron chi connectivity index (χ4n) is 5.65. The van der Waals surface area contributed by atoms with Crippen molar-refractivity contribution in [2.24, 2.45) is 0 Å². The van der Waals surface area contributed by atoms with Crippen LogP contribution in [0.3, 0.4) is 0 Å². The van der Waals surface area contributed by atoms with Gasteiger partial charge < -0.3 is 15.1 Å². The normalized spacial score (nSPS) is 18.5. The van der Waals surface area contributed by atoms with Gasteiger partial charge in [-0.1, -0.05) is 86.3 Å². The van der Waals surface area contributed by atoms with Crippen LogP contribution < -0.4 is 10.2 Å².